The summed E-state index contributed by atoms with van der Waals surface area (Å²) in [6.07, 6.45) is 11.0. The number of hydrogen-bond acceptors (Lipinski definition) is 3. The second-order valence-corrected chi connectivity index (χ2v) is 8.07. The largest absolute Gasteiger partial charge is 1.00 e. The van der Waals surface area contributed by atoms with E-state index in [1.807, 2.05) is 24.3 Å². The molecule has 1 spiro atoms. The van der Waals surface area contributed by atoms with Crippen LogP contribution in [-0.2, 0) is 4.79 Å². The Morgan fingerprint density at radius 1 is 1.22 bits per heavy atom. The van der Waals surface area contributed by atoms with Crippen molar-refractivity contribution in [2.24, 2.45) is 11.3 Å². The molecule has 0 heterocycles. The standard InChI is InChI=1S/C23H30O3.Na/c1-2-6-20(15-22(24)25)19-7-9-21(10-8-19)26-17-18-11-14-23(16-18)12-4-3-5-13-23;/h7-10,18,20H,3-5,11-17H2,1H3,(H,24,25);/q;+1/p-1/t18?,20-;/m0./s1. The molecule has 1 aromatic rings. The molecule has 4 heteroatoms. The van der Waals surface area contributed by atoms with Crippen molar-refractivity contribution < 1.29 is 44.2 Å². The van der Waals surface area contributed by atoms with Crippen molar-refractivity contribution in [1.82, 2.24) is 0 Å². The molecule has 2 aliphatic carbocycles. The van der Waals surface area contributed by atoms with Gasteiger partial charge in [0.05, 0.1) is 12.5 Å². The van der Waals surface area contributed by atoms with Crippen LogP contribution in [0.3, 0.4) is 0 Å². The van der Waals surface area contributed by atoms with Gasteiger partial charge >= 0.3 is 29.6 Å². The summed E-state index contributed by atoms with van der Waals surface area (Å²) in [5.74, 6) is 5.89. The third-order valence-electron chi connectivity index (χ3n) is 6.18. The van der Waals surface area contributed by atoms with Gasteiger partial charge in [-0.2, -0.15) is 0 Å². The number of benzene rings is 1. The maximum Gasteiger partial charge on any atom is 1.00 e. The first kappa shape index (κ1) is 22.3. The van der Waals surface area contributed by atoms with Crippen LogP contribution in [0.15, 0.2) is 24.3 Å². The van der Waals surface area contributed by atoms with Crippen LogP contribution in [0.1, 0.15) is 76.2 Å². The topological polar surface area (TPSA) is 49.4 Å². The fraction of sp³-hybridized carbons (Fsp3) is 0.609. The van der Waals surface area contributed by atoms with Crippen molar-refractivity contribution in [3.05, 3.63) is 29.8 Å². The molecule has 3 rings (SSSR count). The number of carboxylic acids is 1. The molecule has 0 aliphatic heterocycles. The normalized spacial score (nSPS) is 21.6. The Morgan fingerprint density at radius 3 is 2.56 bits per heavy atom. The first-order valence-corrected chi connectivity index (χ1v) is 9.95. The van der Waals surface area contributed by atoms with Crippen LogP contribution in [0.5, 0.6) is 5.75 Å². The predicted molar refractivity (Wildman–Crippen MR) is 101 cm³/mol. The van der Waals surface area contributed by atoms with Crippen LogP contribution in [0.4, 0.5) is 0 Å². The molecular weight excluding hydrogens is 347 g/mol. The average molecular weight is 376 g/mol. The summed E-state index contributed by atoms with van der Waals surface area (Å²) in [6, 6.07) is 7.70. The monoisotopic (exact) mass is 376 g/mol. The van der Waals surface area contributed by atoms with Gasteiger partial charge in [-0.1, -0.05) is 37.3 Å². The Hall–Kier alpha value is -0.950. The van der Waals surface area contributed by atoms with Crippen LogP contribution in [0, 0.1) is 23.2 Å². The van der Waals surface area contributed by atoms with Crippen LogP contribution in [0.25, 0.3) is 0 Å². The van der Waals surface area contributed by atoms with Gasteiger partial charge in [0.2, 0.25) is 0 Å². The van der Waals surface area contributed by atoms with E-state index in [1.54, 1.807) is 6.92 Å². The molecule has 1 aromatic carbocycles. The Balaban J connectivity index is 0.00000261. The molecule has 0 N–H and O–H groups in total. The van der Waals surface area contributed by atoms with Gasteiger partial charge in [-0.3, -0.25) is 0 Å². The first-order valence-electron chi connectivity index (χ1n) is 9.95. The van der Waals surface area contributed by atoms with Crippen molar-refractivity contribution in [2.75, 3.05) is 6.61 Å². The van der Waals surface area contributed by atoms with Gasteiger partial charge in [0, 0.05) is 12.4 Å². The Bertz CT molecular complexity index is 665. The van der Waals surface area contributed by atoms with E-state index in [4.69, 9.17) is 4.74 Å². The molecule has 0 aromatic heterocycles. The molecule has 2 fully saturated rings. The van der Waals surface area contributed by atoms with Gasteiger partial charge in [-0.05, 0) is 68.1 Å². The number of carboxylic acid groups (broad SMARTS) is 1. The second-order valence-electron chi connectivity index (χ2n) is 8.07. The fourth-order valence-electron chi connectivity index (χ4n) is 4.83. The molecule has 2 atom stereocenters. The van der Waals surface area contributed by atoms with E-state index < -0.39 is 5.97 Å². The van der Waals surface area contributed by atoms with Gasteiger partial charge in [-0.25, -0.2) is 0 Å². The number of hydrogen-bond donors (Lipinski definition) is 0. The van der Waals surface area contributed by atoms with E-state index in [9.17, 15) is 9.90 Å². The van der Waals surface area contributed by atoms with E-state index in [1.165, 1.54) is 51.4 Å². The van der Waals surface area contributed by atoms with E-state index in [-0.39, 0.29) is 41.9 Å². The molecule has 0 saturated heterocycles. The average Bonchev–Trinajstić information content (AvgIpc) is 3.03. The van der Waals surface area contributed by atoms with E-state index in [0.29, 0.717) is 11.3 Å². The van der Waals surface area contributed by atoms with Crippen LogP contribution < -0.4 is 39.4 Å². The smallest absolute Gasteiger partial charge is 0.550 e. The second kappa shape index (κ2) is 10.6. The third kappa shape index (κ3) is 6.28. The summed E-state index contributed by atoms with van der Waals surface area (Å²) in [5, 5.41) is 10.9. The minimum Gasteiger partial charge on any atom is -0.550 e. The zero-order chi connectivity index (χ0) is 18.4. The van der Waals surface area contributed by atoms with Crippen molar-refractivity contribution in [2.45, 2.75) is 70.6 Å². The van der Waals surface area contributed by atoms with Gasteiger partial charge in [0.15, 0.2) is 0 Å². The van der Waals surface area contributed by atoms with Gasteiger partial charge in [0.1, 0.15) is 5.75 Å². The molecule has 0 amide bonds. The Morgan fingerprint density at radius 2 is 1.93 bits per heavy atom. The molecule has 27 heavy (non-hydrogen) atoms. The summed E-state index contributed by atoms with van der Waals surface area (Å²) < 4.78 is 6.04. The molecule has 1 unspecified atom stereocenters. The molecule has 2 aliphatic rings. The number of carbonyl (C=O) groups excluding carboxylic acids is 1. The maximum atomic E-state index is 10.9. The maximum absolute atomic E-state index is 10.9. The van der Waals surface area contributed by atoms with Gasteiger partial charge in [0.25, 0.3) is 0 Å². The van der Waals surface area contributed by atoms with Crippen LogP contribution in [0.2, 0.25) is 0 Å². The SMILES string of the molecule is CC#C[C@@H](CC(=O)[O-])c1ccc(OCC2CCC3(CCCCC3)C2)cc1.[Na+]. The summed E-state index contributed by atoms with van der Waals surface area (Å²) in [5.41, 5.74) is 1.52. The Labute approximate surface area is 185 Å². The summed E-state index contributed by atoms with van der Waals surface area (Å²) in [6.45, 7) is 2.51. The molecule has 0 bridgehead atoms. The van der Waals surface area contributed by atoms with Crippen LogP contribution >= 0.6 is 0 Å². The van der Waals surface area contributed by atoms with Gasteiger partial charge < -0.3 is 14.6 Å². The van der Waals surface area contributed by atoms with Crippen molar-refractivity contribution >= 4 is 5.97 Å². The number of aliphatic carboxylic acids is 1. The molecule has 2 saturated carbocycles. The Kier molecular flexibility index (Phi) is 8.73. The zero-order valence-corrected chi connectivity index (χ0v) is 18.8. The van der Waals surface area contributed by atoms with Crippen molar-refractivity contribution in [1.29, 1.82) is 0 Å². The van der Waals surface area contributed by atoms with Crippen LogP contribution in [-0.4, -0.2) is 12.6 Å². The molecule has 140 valence electrons. The first-order chi connectivity index (χ1) is 12.6. The quantitative estimate of drug-likeness (QED) is 0.551. The minimum atomic E-state index is -1.07. The predicted octanol–water partition coefficient (Wildman–Crippen LogP) is 1.07. The molecule has 3 nitrogen and oxygen atoms in total. The number of ether oxygens (including phenoxy) is 1. The molecular formula is C23H29NaO3. The third-order valence-corrected chi connectivity index (χ3v) is 6.18. The minimum absolute atomic E-state index is 0. The number of rotatable bonds is 6. The summed E-state index contributed by atoms with van der Waals surface area (Å²) in [7, 11) is 0. The molecule has 0 radical (unpaired) electrons. The van der Waals surface area contributed by atoms with Crippen molar-refractivity contribution in [3.8, 4) is 17.6 Å². The van der Waals surface area contributed by atoms with E-state index in [2.05, 4.69) is 11.8 Å². The van der Waals surface area contributed by atoms with Gasteiger partial charge in [-0.15, -0.1) is 5.92 Å². The number of carbonyl (C=O) groups is 1. The van der Waals surface area contributed by atoms with Crippen molar-refractivity contribution in [3.63, 3.8) is 0 Å². The fourth-order valence-corrected chi connectivity index (χ4v) is 4.83. The van der Waals surface area contributed by atoms with E-state index >= 15 is 0 Å². The summed E-state index contributed by atoms with van der Waals surface area (Å²) in [4.78, 5) is 10.9. The van der Waals surface area contributed by atoms with E-state index in [0.717, 1.165) is 17.9 Å². The summed E-state index contributed by atoms with van der Waals surface area (Å²) >= 11 is 0. The zero-order valence-electron chi connectivity index (χ0n) is 16.8.